The van der Waals surface area contributed by atoms with Gasteiger partial charge in [0.1, 0.15) is 0 Å². The molecule has 1 aromatic rings. The number of rotatable bonds is 2. The van der Waals surface area contributed by atoms with E-state index in [0.29, 0.717) is 5.56 Å². The Morgan fingerprint density at radius 1 is 1.47 bits per heavy atom. The third kappa shape index (κ3) is 2.39. The summed E-state index contributed by atoms with van der Waals surface area (Å²) in [5.41, 5.74) is 4.36. The molecule has 0 aromatic heterocycles. The van der Waals surface area contributed by atoms with Crippen LogP contribution in [0.5, 0.6) is 0 Å². The van der Waals surface area contributed by atoms with Crippen molar-refractivity contribution in [2.75, 3.05) is 12.9 Å². The number of hydrogen-bond donors (Lipinski definition) is 0. The molecule has 90 valence electrons. The smallest absolute Gasteiger partial charge is 0.338 e. The van der Waals surface area contributed by atoms with Gasteiger partial charge in [-0.3, -0.25) is 0 Å². The van der Waals surface area contributed by atoms with Crippen molar-refractivity contribution in [1.82, 2.24) is 0 Å². The van der Waals surface area contributed by atoms with Crippen molar-refractivity contribution >= 4 is 23.8 Å². The van der Waals surface area contributed by atoms with Crippen LogP contribution in [0.4, 0.5) is 0 Å². The van der Waals surface area contributed by atoms with Crippen LogP contribution in [-0.4, -0.2) is 18.8 Å². The van der Waals surface area contributed by atoms with Crippen LogP contribution in [0.25, 0.3) is 6.08 Å². The molecule has 1 aliphatic heterocycles. The molecule has 1 aromatic carbocycles. The Hall–Kier alpha value is -1.22. The number of aryl methyl sites for hydroxylation is 1. The van der Waals surface area contributed by atoms with Crippen LogP contribution in [0.3, 0.4) is 0 Å². The summed E-state index contributed by atoms with van der Waals surface area (Å²) in [5.74, 6) is 0.760. The molecule has 0 spiro atoms. The lowest BCUT2D eigenvalue weighted by molar-refractivity contribution is 0.0599. The average molecular weight is 248 g/mol. The van der Waals surface area contributed by atoms with E-state index in [1.54, 1.807) is 11.8 Å². The molecule has 0 atom stereocenters. The highest BCUT2D eigenvalue weighted by Gasteiger charge is 2.16. The van der Waals surface area contributed by atoms with E-state index in [1.807, 2.05) is 6.07 Å². The van der Waals surface area contributed by atoms with Crippen LogP contribution in [0, 0.1) is 0 Å². The van der Waals surface area contributed by atoms with Gasteiger partial charge in [0.05, 0.1) is 12.7 Å². The first-order chi connectivity index (χ1) is 8.15. The van der Waals surface area contributed by atoms with Crippen LogP contribution >= 0.6 is 11.8 Å². The van der Waals surface area contributed by atoms with Gasteiger partial charge in [-0.2, -0.15) is 0 Å². The predicted octanol–water partition coefficient (Wildman–Crippen LogP) is 3.54. The van der Waals surface area contributed by atoms with E-state index in [0.717, 1.165) is 17.7 Å². The molecule has 0 radical (unpaired) electrons. The van der Waals surface area contributed by atoms with E-state index in [-0.39, 0.29) is 5.97 Å². The van der Waals surface area contributed by atoms with Gasteiger partial charge in [0, 0.05) is 10.6 Å². The zero-order valence-electron chi connectivity index (χ0n) is 10.4. The highest BCUT2D eigenvalue weighted by molar-refractivity contribution is 7.99. The van der Waals surface area contributed by atoms with Gasteiger partial charge in [-0.1, -0.05) is 18.6 Å². The second-order valence-electron chi connectivity index (χ2n) is 4.17. The first-order valence-corrected chi connectivity index (χ1v) is 6.69. The number of methoxy groups -OCH3 is 1. The van der Waals surface area contributed by atoms with Gasteiger partial charge in [0.25, 0.3) is 0 Å². The average Bonchev–Trinajstić information content (AvgIpc) is 2.36. The molecule has 1 aliphatic rings. The SMILES string of the molecule is CCc1cc2c(cc1C(=O)OC)SCC(C)=C2. The largest absolute Gasteiger partial charge is 0.465 e. The van der Waals surface area contributed by atoms with E-state index in [1.165, 1.54) is 23.1 Å². The van der Waals surface area contributed by atoms with Crippen LogP contribution in [-0.2, 0) is 11.2 Å². The van der Waals surface area contributed by atoms with Gasteiger partial charge in [-0.25, -0.2) is 4.79 Å². The maximum absolute atomic E-state index is 11.7. The van der Waals surface area contributed by atoms with E-state index < -0.39 is 0 Å². The Labute approximate surface area is 106 Å². The van der Waals surface area contributed by atoms with Crippen LogP contribution in [0.2, 0.25) is 0 Å². The van der Waals surface area contributed by atoms with Crippen molar-refractivity contribution in [2.24, 2.45) is 0 Å². The maximum Gasteiger partial charge on any atom is 0.338 e. The minimum Gasteiger partial charge on any atom is -0.465 e. The number of fused-ring (bicyclic) bond motifs is 1. The van der Waals surface area contributed by atoms with Crippen molar-refractivity contribution in [2.45, 2.75) is 25.2 Å². The number of ether oxygens (including phenoxy) is 1. The topological polar surface area (TPSA) is 26.3 Å². The summed E-state index contributed by atoms with van der Waals surface area (Å²) in [7, 11) is 1.43. The van der Waals surface area contributed by atoms with Crippen molar-refractivity contribution in [3.63, 3.8) is 0 Å². The van der Waals surface area contributed by atoms with Gasteiger partial charge >= 0.3 is 5.97 Å². The summed E-state index contributed by atoms with van der Waals surface area (Å²) in [6.45, 7) is 4.19. The fourth-order valence-electron chi connectivity index (χ4n) is 1.97. The lowest BCUT2D eigenvalue weighted by Crippen LogP contribution is -2.07. The molecule has 2 rings (SSSR count). The van der Waals surface area contributed by atoms with E-state index in [9.17, 15) is 4.79 Å². The maximum atomic E-state index is 11.7. The molecular weight excluding hydrogens is 232 g/mol. The molecular formula is C14H16O2S. The molecule has 0 fully saturated rings. The van der Waals surface area contributed by atoms with Gasteiger partial charge in [0.2, 0.25) is 0 Å². The second-order valence-corrected chi connectivity index (χ2v) is 5.19. The number of thioether (sulfide) groups is 1. The lowest BCUT2D eigenvalue weighted by atomic mass is 10.0. The zero-order valence-corrected chi connectivity index (χ0v) is 11.2. The summed E-state index contributed by atoms with van der Waals surface area (Å²) >= 11 is 1.78. The molecule has 3 heteroatoms. The first-order valence-electron chi connectivity index (χ1n) is 5.71. The molecule has 2 nitrogen and oxygen atoms in total. The van der Waals surface area contributed by atoms with Crippen LogP contribution in [0.1, 0.15) is 35.3 Å². The summed E-state index contributed by atoms with van der Waals surface area (Å²) in [5, 5.41) is 0. The number of hydrogen-bond acceptors (Lipinski definition) is 3. The summed E-state index contributed by atoms with van der Waals surface area (Å²) in [4.78, 5) is 12.9. The Balaban J connectivity index is 2.53. The van der Waals surface area contributed by atoms with Crippen molar-refractivity contribution in [3.05, 3.63) is 34.4 Å². The Morgan fingerprint density at radius 3 is 2.88 bits per heavy atom. The molecule has 0 N–H and O–H groups in total. The quantitative estimate of drug-likeness (QED) is 0.749. The summed E-state index contributed by atoms with van der Waals surface area (Å²) in [6, 6.07) is 4.07. The molecule has 0 aliphatic carbocycles. The fourth-order valence-corrected chi connectivity index (χ4v) is 2.92. The fraction of sp³-hybridized carbons (Fsp3) is 0.357. The van der Waals surface area contributed by atoms with Gasteiger partial charge in [-0.15, -0.1) is 11.8 Å². The Morgan fingerprint density at radius 2 is 2.24 bits per heavy atom. The Bertz CT molecular complexity index is 489. The number of carbonyl (C=O) groups is 1. The molecule has 0 unspecified atom stereocenters. The van der Waals surface area contributed by atoms with Crippen molar-refractivity contribution in [3.8, 4) is 0 Å². The van der Waals surface area contributed by atoms with Crippen LogP contribution < -0.4 is 0 Å². The first kappa shape index (κ1) is 12.2. The minimum absolute atomic E-state index is 0.239. The molecule has 0 bridgehead atoms. The van der Waals surface area contributed by atoms with Gasteiger partial charge in [-0.05, 0) is 36.6 Å². The van der Waals surface area contributed by atoms with E-state index >= 15 is 0 Å². The normalized spacial score (nSPS) is 13.9. The third-order valence-electron chi connectivity index (χ3n) is 2.88. The van der Waals surface area contributed by atoms with Gasteiger partial charge in [0.15, 0.2) is 0 Å². The predicted molar refractivity (Wildman–Crippen MR) is 71.5 cm³/mol. The monoisotopic (exact) mass is 248 g/mol. The zero-order chi connectivity index (χ0) is 12.4. The molecule has 1 heterocycles. The highest BCUT2D eigenvalue weighted by Crippen LogP contribution is 2.34. The standard InChI is InChI=1S/C14H16O2S/c1-4-10-6-11-5-9(2)8-17-13(11)7-12(10)14(15)16-3/h5-7H,4,8H2,1-3H3. The van der Waals surface area contributed by atoms with Crippen molar-refractivity contribution in [1.29, 1.82) is 0 Å². The van der Waals surface area contributed by atoms with Crippen LogP contribution in [0.15, 0.2) is 22.6 Å². The number of carbonyl (C=O) groups excluding carboxylic acids is 1. The molecule has 17 heavy (non-hydrogen) atoms. The summed E-state index contributed by atoms with van der Waals surface area (Å²) in [6.07, 6.45) is 3.04. The van der Waals surface area contributed by atoms with E-state index in [4.69, 9.17) is 4.74 Å². The molecule has 0 saturated carbocycles. The van der Waals surface area contributed by atoms with E-state index in [2.05, 4.69) is 26.0 Å². The lowest BCUT2D eigenvalue weighted by Gasteiger charge is -2.16. The number of esters is 1. The third-order valence-corrected chi connectivity index (χ3v) is 4.14. The molecule has 0 saturated heterocycles. The number of benzene rings is 1. The highest BCUT2D eigenvalue weighted by atomic mass is 32.2. The van der Waals surface area contributed by atoms with Crippen molar-refractivity contribution < 1.29 is 9.53 Å². The van der Waals surface area contributed by atoms with Gasteiger partial charge < -0.3 is 4.74 Å². The minimum atomic E-state index is -0.239. The second kappa shape index (κ2) is 4.96. The molecule has 0 amide bonds. The summed E-state index contributed by atoms with van der Waals surface area (Å²) < 4.78 is 4.83. The Kier molecular flexibility index (Phi) is 3.57.